The number of hydrogen-bond donors (Lipinski definition) is 2. The van der Waals surface area contributed by atoms with Crippen molar-refractivity contribution >= 4 is 61.1 Å². The first-order valence-electron chi connectivity index (χ1n) is 11.0. The maximum Gasteiger partial charge on any atom is 0.266 e. The summed E-state index contributed by atoms with van der Waals surface area (Å²) in [5, 5.41) is 1.61. The molecule has 7 rings (SSSR count). The first-order valence-corrected chi connectivity index (χ1v) is 11.0. The zero-order chi connectivity index (χ0) is 23.8. The van der Waals surface area contributed by atoms with E-state index in [1.54, 1.807) is 66.7 Å². The Morgan fingerprint density at radius 1 is 0.514 bits per heavy atom. The minimum absolute atomic E-state index is 0.128. The molecular weight excluding hydrogens is 442 g/mol. The SMILES string of the molecule is O=C1c2ccccc2C(=O)N1c1cccc2[nH]c3cc4c(=O)c5ccccc5[nH]c4cc3c(=O)c12. The van der Waals surface area contributed by atoms with E-state index in [-0.39, 0.29) is 21.9 Å². The van der Waals surface area contributed by atoms with Gasteiger partial charge < -0.3 is 9.97 Å². The Kier molecular flexibility index (Phi) is 3.74. The van der Waals surface area contributed by atoms with Crippen molar-refractivity contribution in [3.63, 3.8) is 0 Å². The lowest BCUT2D eigenvalue weighted by atomic mass is 10.0. The van der Waals surface area contributed by atoms with Gasteiger partial charge >= 0.3 is 0 Å². The standard InChI is InChI=1S/C28H15N3O4/c32-25-16-8-3-4-9-19(16)29-21-13-18-22(12-17(21)25)30-20-10-5-11-23(24(20)26(18)33)31-27(34)14-6-1-2-7-15(14)28(31)35/h1-13H,(H,29,32)(H,30,33). The van der Waals surface area contributed by atoms with Gasteiger partial charge in [-0.15, -0.1) is 0 Å². The number of carbonyl (C=O) groups is 2. The molecule has 2 aromatic heterocycles. The van der Waals surface area contributed by atoms with Crippen molar-refractivity contribution < 1.29 is 9.59 Å². The Hall–Kier alpha value is -5.04. The number of nitrogens with one attached hydrogen (secondary N) is 2. The van der Waals surface area contributed by atoms with E-state index in [2.05, 4.69) is 9.97 Å². The van der Waals surface area contributed by atoms with Crippen molar-refractivity contribution in [1.82, 2.24) is 9.97 Å². The summed E-state index contributed by atoms with van der Waals surface area (Å²) in [5.74, 6) is -0.932. The van der Waals surface area contributed by atoms with Crippen LogP contribution in [0.3, 0.4) is 0 Å². The molecule has 0 radical (unpaired) electrons. The number of aromatic amines is 2. The molecule has 0 spiro atoms. The Morgan fingerprint density at radius 2 is 1.09 bits per heavy atom. The van der Waals surface area contributed by atoms with Crippen molar-refractivity contribution in [2.24, 2.45) is 0 Å². The number of para-hydroxylation sites is 1. The number of hydrogen-bond acceptors (Lipinski definition) is 4. The summed E-state index contributed by atoms with van der Waals surface area (Å²) in [5.41, 5.74) is 2.54. The number of rotatable bonds is 1. The summed E-state index contributed by atoms with van der Waals surface area (Å²) in [4.78, 5) is 60.6. The number of imide groups is 1. The summed E-state index contributed by atoms with van der Waals surface area (Å²) >= 11 is 0. The lowest BCUT2D eigenvalue weighted by Crippen LogP contribution is -2.30. The van der Waals surface area contributed by atoms with Crippen molar-refractivity contribution in [3.05, 3.63) is 110 Å². The van der Waals surface area contributed by atoms with Gasteiger partial charge in [0.25, 0.3) is 11.8 Å². The summed E-state index contributed by atoms with van der Waals surface area (Å²) in [6.45, 7) is 0. The average Bonchev–Trinajstić information content (AvgIpc) is 3.13. The summed E-state index contributed by atoms with van der Waals surface area (Å²) in [6.07, 6.45) is 0. The van der Waals surface area contributed by atoms with Gasteiger partial charge in [-0.2, -0.15) is 0 Å². The molecule has 0 saturated carbocycles. The van der Waals surface area contributed by atoms with Gasteiger partial charge in [-0.3, -0.25) is 19.2 Å². The topological polar surface area (TPSA) is 103 Å². The summed E-state index contributed by atoms with van der Waals surface area (Å²) in [7, 11) is 0. The molecule has 7 nitrogen and oxygen atoms in total. The van der Waals surface area contributed by atoms with Gasteiger partial charge in [-0.25, -0.2) is 4.90 Å². The lowest BCUT2D eigenvalue weighted by Gasteiger charge is -2.16. The Balaban J connectivity index is 1.54. The molecule has 0 saturated heterocycles. The van der Waals surface area contributed by atoms with Gasteiger partial charge in [0.1, 0.15) is 0 Å². The van der Waals surface area contributed by atoms with Crippen molar-refractivity contribution in [3.8, 4) is 0 Å². The van der Waals surface area contributed by atoms with Crippen LogP contribution in [0.1, 0.15) is 20.7 Å². The number of nitrogens with zero attached hydrogens (tertiary/aromatic N) is 1. The Bertz CT molecular complexity index is 2020. The van der Waals surface area contributed by atoms with Gasteiger partial charge in [0, 0.05) is 21.7 Å². The highest BCUT2D eigenvalue weighted by molar-refractivity contribution is 6.36. The molecule has 0 atom stereocenters. The molecule has 7 heteroatoms. The second-order valence-electron chi connectivity index (χ2n) is 8.59. The molecule has 0 fully saturated rings. The molecule has 0 aliphatic carbocycles. The number of anilines is 1. The van der Waals surface area contributed by atoms with Crippen LogP contribution < -0.4 is 15.8 Å². The van der Waals surface area contributed by atoms with Crippen molar-refractivity contribution in [1.29, 1.82) is 0 Å². The minimum atomic E-state index is -0.466. The molecule has 0 unspecified atom stereocenters. The van der Waals surface area contributed by atoms with Crippen LogP contribution in [-0.4, -0.2) is 21.8 Å². The van der Waals surface area contributed by atoms with Crippen LogP contribution in [-0.2, 0) is 0 Å². The number of pyridine rings is 2. The smallest absolute Gasteiger partial charge is 0.266 e. The number of benzene rings is 4. The fourth-order valence-corrected chi connectivity index (χ4v) is 5.02. The predicted octanol–water partition coefficient (Wildman–Crippen LogP) is 4.48. The highest BCUT2D eigenvalue weighted by Gasteiger charge is 2.37. The van der Waals surface area contributed by atoms with E-state index in [4.69, 9.17) is 0 Å². The molecule has 1 aliphatic heterocycles. The van der Waals surface area contributed by atoms with Crippen molar-refractivity contribution in [2.75, 3.05) is 4.90 Å². The molecule has 2 N–H and O–H groups in total. The highest BCUT2D eigenvalue weighted by Crippen LogP contribution is 2.33. The quantitative estimate of drug-likeness (QED) is 0.281. The van der Waals surface area contributed by atoms with Gasteiger partial charge in [-0.1, -0.05) is 30.3 Å². The zero-order valence-corrected chi connectivity index (χ0v) is 18.1. The third-order valence-corrected chi connectivity index (χ3v) is 6.66. The van der Waals surface area contributed by atoms with Crippen LogP contribution in [0.15, 0.2) is 88.5 Å². The predicted molar refractivity (Wildman–Crippen MR) is 135 cm³/mol. The Morgan fingerprint density at radius 3 is 1.80 bits per heavy atom. The van der Waals surface area contributed by atoms with E-state index in [0.717, 1.165) is 4.90 Å². The zero-order valence-electron chi connectivity index (χ0n) is 18.1. The lowest BCUT2D eigenvalue weighted by molar-refractivity contribution is 0.0926. The third-order valence-electron chi connectivity index (χ3n) is 6.66. The largest absolute Gasteiger partial charge is 0.354 e. The van der Waals surface area contributed by atoms with Gasteiger partial charge in [0.05, 0.1) is 38.8 Å². The van der Waals surface area contributed by atoms with E-state index in [0.29, 0.717) is 49.4 Å². The van der Waals surface area contributed by atoms with E-state index in [1.807, 2.05) is 12.1 Å². The van der Waals surface area contributed by atoms with E-state index in [1.165, 1.54) is 0 Å². The van der Waals surface area contributed by atoms with E-state index < -0.39 is 11.8 Å². The van der Waals surface area contributed by atoms with Crippen LogP contribution in [0.5, 0.6) is 0 Å². The molecule has 1 aliphatic rings. The first kappa shape index (κ1) is 19.4. The summed E-state index contributed by atoms with van der Waals surface area (Å²) in [6, 6.07) is 22.1. The second kappa shape index (κ2) is 6.74. The van der Waals surface area contributed by atoms with Crippen molar-refractivity contribution in [2.45, 2.75) is 0 Å². The molecule has 2 amide bonds. The minimum Gasteiger partial charge on any atom is -0.354 e. The maximum absolute atomic E-state index is 13.8. The molecule has 4 aromatic carbocycles. The monoisotopic (exact) mass is 457 g/mol. The molecule has 35 heavy (non-hydrogen) atoms. The second-order valence-corrected chi connectivity index (χ2v) is 8.59. The highest BCUT2D eigenvalue weighted by atomic mass is 16.2. The fraction of sp³-hybridized carbons (Fsp3) is 0. The number of carbonyl (C=O) groups excluding carboxylic acids is 2. The van der Waals surface area contributed by atoms with Gasteiger partial charge in [-0.05, 0) is 48.5 Å². The number of fused-ring (bicyclic) bond motifs is 5. The first-order chi connectivity index (χ1) is 17.0. The third kappa shape index (κ3) is 2.54. The van der Waals surface area contributed by atoms with Crippen LogP contribution in [0, 0.1) is 0 Å². The van der Waals surface area contributed by atoms with Gasteiger partial charge in [0.2, 0.25) is 0 Å². The molecule has 6 aromatic rings. The van der Waals surface area contributed by atoms with Crippen LogP contribution in [0.2, 0.25) is 0 Å². The average molecular weight is 457 g/mol. The maximum atomic E-state index is 13.8. The molecule has 0 bridgehead atoms. The molecular formula is C28H15N3O4. The summed E-state index contributed by atoms with van der Waals surface area (Å²) < 4.78 is 0. The number of H-pyrrole nitrogens is 2. The number of amides is 2. The van der Waals surface area contributed by atoms with Crippen LogP contribution in [0.4, 0.5) is 5.69 Å². The number of aromatic nitrogens is 2. The Labute approximate surface area is 196 Å². The van der Waals surface area contributed by atoms with Gasteiger partial charge in [0.15, 0.2) is 10.9 Å². The molecule has 166 valence electrons. The molecule has 3 heterocycles. The van der Waals surface area contributed by atoms with Crippen LogP contribution >= 0.6 is 0 Å². The van der Waals surface area contributed by atoms with E-state index >= 15 is 0 Å². The normalized spacial score (nSPS) is 13.4. The fourth-order valence-electron chi connectivity index (χ4n) is 5.02. The van der Waals surface area contributed by atoms with E-state index in [9.17, 15) is 19.2 Å². The van der Waals surface area contributed by atoms with Crippen LogP contribution in [0.25, 0.3) is 43.6 Å².